The third-order valence-electron chi connectivity index (χ3n) is 3.46. The number of anilines is 1. The third kappa shape index (κ3) is 4.86. The van der Waals surface area contributed by atoms with E-state index in [0.717, 1.165) is 17.3 Å². The maximum absolute atomic E-state index is 12.4. The smallest absolute Gasteiger partial charge is 0.277 e. The quantitative estimate of drug-likeness (QED) is 0.579. The Morgan fingerprint density at radius 3 is 2.41 bits per heavy atom. The van der Waals surface area contributed by atoms with E-state index in [0.29, 0.717) is 11.3 Å². The number of amides is 1. The van der Waals surface area contributed by atoms with E-state index >= 15 is 0 Å². The van der Waals surface area contributed by atoms with E-state index in [1.807, 2.05) is 6.92 Å². The lowest BCUT2D eigenvalue weighted by Gasteiger charge is -2.08. The molecule has 3 N–H and O–H groups in total. The zero-order valence-corrected chi connectivity index (χ0v) is 15.9. The molecule has 0 aliphatic rings. The Hall–Kier alpha value is -2.85. The van der Waals surface area contributed by atoms with Gasteiger partial charge in [-0.2, -0.15) is 0 Å². The molecule has 0 radical (unpaired) electrons. The summed E-state index contributed by atoms with van der Waals surface area (Å²) in [7, 11) is -3.67. The minimum atomic E-state index is -3.67. The molecule has 0 unspecified atom stereocenters. The van der Waals surface area contributed by atoms with Gasteiger partial charge < -0.3 is 10.2 Å². The second-order valence-electron chi connectivity index (χ2n) is 5.62. The van der Waals surface area contributed by atoms with Crippen LogP contribution in [0.1, 0.15) is 5.56 Å². The molecular formula is C17H16N4O4S2. The summed E-state index contributed by atoms with van der Waals surface area (Å²) < 4.78 is 32.8. The summed E-state index contributed by atoms with van der Waals surface area (Å²) in [6, 6.07) is 13.1. The van der Waals surface area contributed by atoms with Gasteiger partial charge >= 0.3 is 0 Å². The molecule has 0 spiro atoms. The zero-order chi connectivity index (χ0) is 19.4. The molecule has 1 aromatic heterocycles. The van der Waals surface area contributed by atoms with Crippen LogP contribution in [0, 0.1) is 6.92 Å². The molecule has 2 aromatic carbocycles. The number of aromatic nitrogens is 2. The standard InChI is InChI=1S/C17H16N4O4S2/c1-11-2-8-14(9-3-11)27(23,24)21-13-6-4-12(5-7-13)16-19-20-17(25-16)26-10-15(18)22/h2-9,21H,10H2,1H3,(H2,18,22). The predicted molar refractivity (Wildman–Crippen MR) is 102 cm³/mol. The van der Waals surface area contributed by atoms with Crippen molar-refractivity contribution in [3.8, 4) is 11.5 Å². The van der Waals surface area contributed by atoms with Crippen LogP contribution in [0.5, 0.6) is 0 Å². The molecule has 0 atom stereocenters. The fourth-order valence-corrected chi connectivity index (χ4v) is 3.69. The predicted octanol–water partition coefficient (Wildman–Crippen LogP) is 2.42. The zero-order valence-electron chi connectivity index (χ0n) is 14.2. The van der Waals surface area contributed by atoms with Gasteiger partial charge in [0.15, 0.2) is 0 Å². The van der Waals surface area contributed by atoms with Gasteiger partial charge in [-0.15, -0.1) is 10.2 Å². The average molecular weight is 404 g/mol. The molecule has 1 amide bonds. The largest absolute Gasteiger partial charge is 0.411 e. The van der Waals surface area contributed by atoms with Crippen molar-refractivity contribution in [3.63, 3.8) is 0 Å². The summed E-state index contributed by atoms with van der Waals surface area (Å²) in [5, 5.41) is 7.95. The van der Waals surface area contributed by atoms with Crippen LogP contribution in [0.4, 0.5) is 5.69 Å². The minimum absolute atomic E-state index is 0.0430. The SMILES string of the molecule is Cc1ccc(S(=O)(=O)Nc2ccc(-c3nnc(SCC(N)=O)o3)cc2)cc1. The summed E-state index contributed by atoms with van der Waals surface area (Å²) in [6.07, 6.45) is 0. The van der Waals surface area contributed by atoms with Crippen LogP contribution in [0.25, 0.3) is 11.5 Å². The van der Waals surface area contributed by atoms with Crippen molar-refractivity contribution in [1.82, 2.24) is 10.2 Å². The topological polar surface area (TPSA) is 128 Å². The van der Waals surface area contributed by atoms with E-state index in [-0.39, 0.29) is 21.8 Å². The Labute approximate surface area is 160 Å². The number of rotatable bonds is 7. The number of primary amides is 1. The number of sulfonamides is 1. The first kappa shape index (κ1) is 18.9. The number of benzene rings is 2. The van der Waals surface area contributed by atoms with Crippen LogP contribution in [-0.2, 0) is 14.8 Å². The van der Waals surface area contributed by atoms with Crippen LogP contribution in [0.2, 0.25) is 0 Å². The third-order valence-corrected chi connectivity index (χ3v) is 5.70. The second kappa shape index (κ2) is 7.80. The van der Waals surface area contributed by atoms with E-state index in [2.05, 4.69) is 14.9 Å². The molecule has 27 heavy (non-hydrogen) atoms. The van der Waals surface area contributed by atoms with E-state index in [9.17, 15) is 13.2 Å². The summed E-state index contributed by atoms with van der Waals surface area (Å²) in [4.78, 5) is 11.0. The van der Waals surface area contributed by atoms with Crippen LogP contribution >= 0.6 is 11.8 Å². The summed E-state index contributed by atoms with van der Waals surface area (Å²) in [5.74, 6) is -0.179. The van der Waals surface area contributed by atoms with E-state index in [4.69, 9.17) is 10.2 Å². The van der Waals surface area contributed by atoms with Gasteiger partial charge in [-0.1, -0.05) is 29.5 Å². The Bertz CT molecular complexity index is 1050. The Balaban J connectivity index is 1.72. The molecule has 140 valence electrons. The number of hydrogen-bond acceptors (Lipinski definition) is 7. The molecule has 0 fully saturated rings. The van der Waals surface area contributed by atoms with Crippen molar-refractivity contribution >= 4 is 33.4 Å². The molecule has 0 bridgehead atoms. The number of thioether (sulfide) groups is 1. The van der Waals surface area contributed by atoms with E-state index in [1.165, 1.54) is 0 Å². The molecule has 0 aliphatic heterocycles. The summed E-state index contributed by atoms with van der Waals surface area (Å²) in [5.41, 5.74) is 7.07. The second-order valence-corrected chi connectivity index (χ2v) is 8.23. The summed E-state index contributed by atoms with van der Waals surface area (Å²) >= 11 is 1.05. The molecule has 8 nitrogen and oxygen atoms in total. The van der Waals surface area contributed by atoms with E-state index in [1.54, 1.807) is 48.5 Å². The lowest BCUT2D eigenvalue weighted by Crippen LogP contribution is -2.12. The minimum Gasteiger partial charge on any atom is -0.411 e. The fourth-order valence-electron chi connectivity index (χ4n) is 2.13. The normalized spacial score (nSPS) is 11.3. The lowest BCUT2D eigenvalue weighted by molar-refractivity contribution is -0.115. The van der Waals surface area contributed by atoms with Crippen LogP contribution < -0.4 is 10.5 Å². The molecule has 1 heterocycles. The number of nitrogens with one attached hydrogen (secondary N) is 1. The Kier molecular flexibility index (Phi) is 5.47. The van der Waals surface area contributed by atoms with Gasteiger partial charge in [0.05, 0.1) is 10.6 Å². The highest BCUT2D eigenvalue weighted by Crippen LogP contribution is 2.25. The first-order chi connectivity index (χ1) is 12.8. The average Bonchev–Trinajstić information content (AvgIpc) is 3.10. The Morgan fingerprint density at radius 2 is 1.78 bits per heavy atom. The van der Waals surface area contributed by atoms with Crippen molar-refractivity contribution < 1.29 is 17.6 Å². The van der Waals surface area contributed by atoms with Crippen molar-refractivity contribution in [2.45, 2.75) is 17.0 Å². The molecular weight excluding hydrogens is 388 g/mol. The first-order valence-corrected chi connectivity index (χ1v) is 10.2. The van der Waals surface area contributed by atoms with Crippen molar-refractivity contribution in [2.75, 3.05) is 10.5 Å². The van der Waals surface area contributed by atoms with Crippen molar-refractivity contribution in [1.29, 1.82) is 0 Å². The monoisotopic (exact) mass is 404 g/mol. The Morgan fingerprint density at radius 1 is 1.11 bits per heavy atom. The first-order valence-electron chi connectivity index (χ1n) is 7.78. The molecule has 0 saturated carbocycles. The van der Waals surface area contributed by atoms with Crippen molar-refractivity contribution in [2.24, 2.45) is 5.73 Å². The number of carbonyl (C=O) groups is 1. The fraction of sp³-hybridized carbons (Fsp3) is 0.118. The number of nitrogens with two attached hydrogens (primary N) is 1. The highest BCUT2D eigenvalue weighted by Gasteiger charge is 2.15. The van der Waals surface area contributed by atoms with E-state index < -0.39 is 15.9 Å². The number of nitrogens with zero attached hydrogens (tertiary/aromatic N) is 2. The number of hydrogen-bond donors (Lipinski definition) is 2. The number of carbonyl (C=O) groups excluding carboxylic acids is 1. The molecule has 0 aliphatic carbocycles. The van der Waals surface area contributed by atoms with Gasteiger partial charge in [0.25, 0.3) is 15.2 Å². The van der Waals surface area contributed by atoms with Crippen LogP contribution in [0.15, 0.2) is 63.1 Å². The van der Waals surface area contributed by atoms with Crippen LogP contribution in [0.3, 0.4) is 0 Å². The highest BCUT2D eigenvalue weighted by atomic mass is 32.2. The van der Waals surface area contributed by atoms with Gasteiger partial charge in [0.1, 0.15) is 0 Å². The van der Waals surface area contributed by atoms with Gasteiger partial charge in [-0.3, -0.25) is 9.52 Å². The van der Waals surface area contributed by atoms with Gasteiger partial charge in [0, 0.05) is 11.3 Å². The summed E-state index contributed by atoms with van der Waals surface area (Å²) in [6.45, 7) is 1.89. The molecule has 10 heteroatoms. The van der Waals surface area contributed by atoms with Gasteiger partial charge in [-0.05, 0) is 43.3 Å². The van der Waals surface area contributed by atoms with Crippen LogP contribution in [-0.4, -0.2) is 30.3 Å². The number of aryl methyl sites for hydroxylation is 1. The maximum Gasteiger partial charge on any atom is 0.277 e. The molecule has 3 aromatic rings. The van der Waals surface area contributed by atoms with Crippen molar-refractivity contribution in [3.05, 3.63) is 54.1 Å². The van der Waals surface area contributed by atoms with Gasteiger partial charge in [-0.25, -0.2) is 8.42 Å². The maximum atomic E-state index is 12.4. The lowest BCUT2D eigenvalue weighted by atomic mass is 10.2. The highest BCUT2D eigenvalue weighted by molar-refractivity contribution is 7.99. The molecule has 3 rings (SSSR count). The van der Waals surface area contributed by atoms with Gasteiger partial charge in [0.2, 0.25) is 11.8 Å². The molecule has 0 saturated heterocycles.